The van der Waals surface area contributed by atoms with Crippen LogP contribution >= 0.6 is 35.3 Å². The van der Waals surface area contributed by atoms with E-state index in [-0.39, 0.29) is 24.0 Å². The standard InChI is InChI=1S/C20H26N6OS.HI/c1-5-17-25-19(27-26-17)16-8-6-15(7-9-16)10-11-22-20(21-4)23-12-18-24-13(2)14(3)28-18;/h6-9H,5,10-12H2,1-4H3,(H2,21,22,23);1H. The molecule has 156 valence electrons. The van der Waals surface area contributed by atoms with Crippen molar-refractivity contribution in [2.75, 3.05) is 13.6 Å². The number of thiazole rings is 1. The number of guanidine groups is 1. The van der Waals surface area contributed by atoms with Gasteiger partial charge >= 0.3 is 0 Å². The van der Waals surface area contributed by atoms with Gasteiger partial charge in [-0.05, 0) is 38.0 Å². The van der Waals surface area contributed by atoms with E-state index in [1.807, 2.05) is 26.0 Å². The smallest absolute Gasteiger partial charge is 0.257 e. The molecule has 0 bridgehead atoms. The lowest BCUT2D eigenvalue weighted by molar-refractivity contribution is 0.423. The highest BCUT2D eigenvalue weighted by atomic mass is 127. The third kappa shape index (κ3) is 6.49. The topological polar surface area (TPSA) is 88.2 Å². The van der Waals surface area contributed by atoms with Gasteiger partial charge in [-0.1, -0.05) is 24.2 Å². The minimum Gasteiger partial charge on any atom is -0.356 e. The summed E-state index contributed by atoms with van der Waals surface area (Å²) in [6.45, 7) is 7.60. The number of hydrogen-bond donors (Lipinski definition) is 2. The van der Waals surface area contributed by atoms with Crippen LogP contribution in [0.25, 0.3) is 11.5 Å². The second kappa shape index (κ2) is 11.2. The van der Waals surface area contributed by atoms with E-state index in [2.05, 4.69) is 49.8 Å². The van der Waals surface area contributed by atoms with E-state index in [1.54, 1.807) is 18.4 Å². The number of hydrogen-bond acceptors (Lipinski definition) is 6. The van der Waals surface area contributed by atoms with Crippen LogP contribution in [0.2, 0.25) is 0 Å². The van der Waals surface area contributed by atoms with Gasteiger partial charge in [0, 0.05) is 30.5 Å². The van der Waals surface area contributed by atoms with Gasteiger partial charge in [-0.25, -0.2) is 4.98 Å². The van der Waals surface area contributed by atoms with Crippen molar-refractivity contribution < 1.29 is 4.52 Å². The van der Waals surface area contributed by atoms with Crippen LogP contribution in [0.1, 0.15) is 33.9 Å². The van der Waals surface area contributed by atoms with Crippen molar-refractivity contribution in [3.8, 4) is 11.5 Å². The fourth-order valence-electron chi connectivity index (χ4n) is 2.65. The molecule has 0 radical (unpaired) electrons. The molecule has 0 aliphatic carbocycles. The molecule has 2 aromatic heterocycles. The van der Waals surface area contributed by atoms with Crippen molar-refractivity contribution in [3.05, 3.63) is 51.2 Å². The van der Waals surface area contributed by atoms with Crippen LogP contribution in [-0.2, 0) is 19.4 Å². The number of nitrogens with one attached hydrogen (secondary N) is 2. The van der Waals surface area contributed by atoms with E-state index in [0.717, 1.165) is 47.4 Å². The van der Waals surface area contributed by atoms with Gasteiger partial charge in [-0.3, -0.25) is 4.99 Å². The summed E-state index contributed by atoms with van der Waals surface area (Å²) in [5.41, 5.74) is 3.27. The second-order valence-electron chi connectivity index (χ2n) is 6.42. The number of aromatic nitrogens is 3. The normalized spacial score (nSPS) is 11.2. The van der Waals surface area contributed by atoms with Crippen LogP contribution in [-0.4, -0.2) is 34.7 Å². The highest BCUT2D eigenvalue weighted by Crippen LogP contribution is 2.18. The summed E-state index contributed by atoms with van der Waals surface area (Å²) in [4.78, 5) is 14.4. The fourth-order valence-corrected chi connectivity index (χ4v) is 3.52. The average Bonchev–Trinajstić information content (AvgIpc) is 3.31. The maximum atomic E-state index is 5.28. The third-order valence-electron chi connectivity index (χ3n) is 4.39. The molecule has 3 aromatic rings. The Morgan fingerprint density at radius 1 is 1.14 bits per heavy atom. The van der Waals surface area contributed by atoms with Crippen LogP contribution in [0.15, 0.2) is 33.8 Å². The SMILES string of the molecule is CCc1noc(-c2ccc(CCNC(=NC)NCc3nc(C)c(C)s3)cc2)n1.I. The number of aliphatic imine (C=N–C) groups is 1. The minimum absolute atomic E-state index is 0. The van der Waals surface area contributed by atoms with Gasteiger partial charge in [-0.2, -0.15) is 4.98 Å². The van der Waals surface area contributed by atoms with E-state index in [0.29, 0.717) is 12.4 Å². The lowest BCUT2D eigenvalue weighted by Gasteiger charge is -2.11. The molecule has 0 saturated heterocycles. The molecule has 7 nitrogen and oxygen atoms in total. The number of aryl methyl sites for hydroxylation is 3. The zero-order chi connectivity index (χ0) is 19.9. The van der Waals surface area contributed by atoms with E-state index < -0.39 is 0 Å². The van der Waals surface area contributed by atoms with Gasteiger partial charge in [0.25, 0.3) is 5.89 Å². The Bertz CT molecular complexity index is 915. The highest BCUT2D eigenvalue weighted by molar-refractivity contribution is 14.0. The van der Waals surface area contributed by atoms with Crippen LogP contribution in [0, 0.1) is 13.8 Å². The molecule has 2 N–H and O–H groups in total. The second-order valence-corrected chi connectivity index (χ2v) is 7.71. The summed E-state index contributed by atoms with van der Waals surface area (Å²) < 4.78 is 5.28. The predicted molar refractivity (Wildman–Crippen MR) is 128 cm³/mol. The van der Waals surface area contributed by atoms with E-state index in [9.17, 15) is 0 Å². The molecule has 29 heavy (non-hydrogen) atoms. The van der Waals surface area contributed by atoms with Gasteiger partial charge in [-0.15, -0.1) is 35.3 Å². The average molecular weight is 526 g/mol. The van der Waals surface area contributed by atoms with Crippen molar-refractivity contribution in [1.29, 1.82) is 0 Å². The van der Waals surface area contributed by atoms with Crippen LogP contribution in [0.5, 0.6) is 0 Å². The zero-order valence-electron chi connectivity index (χ0n) is 17.2. The van der Waals surface area contributed by atoms with Crippen molar-refractivity contribution in [1.82, 2.24) is 25.8 Å². The Kier molecular flexibility index (Phi) is 9.02. The van der Waals surface area contributed by atoms with Gasteiger partial charge in [0.2, 0.25) is 0 Å². The first-order valence-corrected chi connectivity index (χ1v) is 10.2. The van der Waals surface area contributed by atoms with Crippen molar-refractivity contribution in [2.45, 2.75) is 40.2 Å². The van der Waals surface area contributed by atoms with Gasteiger partial charge < -0.3 is 15.2 Å². The summed E-state index contributed by atoms with van der Waals surface area (Å²) >= 11 is 1.72. The molecule has 9 heteroatoms. The fraction of sp³-hybridized carbons (Fsp3) is 0.400. The van der Waals surface area contributed by atoms with Crippen LogP contribution < -0.4 is 10.6 Å². The van der Waals surface area contributed by atoms with Crippen LogP contribution in [0.3, 0.4) is 0 Å². The first-order valence-electron chi connectivity index (χ1n) is 9.38. The van der Waals surface area contributed by atoms with E-state index >= 15 is 0 Å². The third-order valence-corrected chi connectivity index (χ3v) is 5.47. The Balaban J connectivity index is 0.00000300. The van der Waals surface area contributed by atoms with Gasteiger partial charge in [0.1, 0.15) is 5.01 Å². The maximum Gasteiger partial charge on any atom is 0.257 e. The molecule has 0 saturated carbocycles. The molecule has 0 spiro atoms. The Morgan fingerprint density at radius 3 is 2.48 bits per heavy atom. The number of nitrogens with zero attached hydrogens (tertiary/aromatic N) is 4. The molecule has 1 aromatic carbocycles. The summed E-state index contributed by atoms with van der Waals surface area (Å²) in [5.74, 6) is 2.07. The molecule has 3 rings (SSSR count). The van der Waals surface area contributed by atoms with Gasteiger partial charge in [0.05, 0.1) is 12.2 Å². The largest absolute Gasteiger partial charge is 0.356 e. The van der Waals surface area contributed by atoms with Crippen molar-refractivity contribution in [3.63, 3.8) is 0 Å². The summed E-state index contributed by atoms with van der Waals surface area (Å²) in [6, 6.07) is 8.21. The maximum absolute atomic E-state index is 5.28. The number of benzene rings is 1. The lowest BCUT2D eigenvalue weighted by atomic mass is 10.1. The molecule has 0 aliphatic rings. The zero-order valence-corrected chi connectivity index (χ0v) is 20.3. The summed E-state index contributed by atoms with van der Waals surface area (Å²) in [6.07, 6.45) is 1.66. The first kappa shape index (κ1) is 23.3. The Morgan fingerprint density at radius 2 is 1.90 bits per heavy atom. The highest BCUT2D eigenvalue weighted by Gasteiger charge is 2.08. The van der Waals surface area contributed by atoms with Crippen LogP contribution in [0.4, 0.5) is 0 Å². The molecular weight excluding hydrogens is 499 g/mol. The van der Waals surface area contributed by atoms with Crippen molar-refractivity contribution >= 4 is 41.3 Å². The molecule has 0 atom stereocenters. The number of halogens is 1. The summed E-state index contributed by atoms with van der Waals surface area (Å²) in [7, 11) is 1.78. The molecule has 0 unspecified atom stereocenters. The molecular formula is C20H27IN6OS. The molecule has 2 heterocycles. The molecule has 0 fully saturated rings. The molecule has 0 amide bonds. The quantitative estimate of drug-likeness (QED) is 0.276. The monoisotopic (exact) mass is 526 g/mol. The lowest BCUT2D eigenvalue weighted by Crippen LogP contribution is -2.37. The van der Waals surface area contributed by atoms with Crippen molar-refractivity contribution in [2.24, 2.45) is 4.99 Å². The predicted octanol–water partition coefficient (Wildman–Crippen LogP) is 3.90. The van der Waals surface area contributed by atoms with E-state index in [1.165, 1.54) is 10.4 Å². The summed E-state index contributed by atoms with van der Waals surface area (Å²) in [5, 5.41) is 11.7. The first-order chi connectivity index (χ1) is 13.6. The van der Waals surface area contributed by atoms with Gasteiger partial charge in [0.15, 0.2) is 11.8 Å². The Labute approximate surface area is 192 Å². The Hall–Kier alpha value is -2.01. The minimum atomic E-state index is 0. The number of rotatable bonds is 7. The van der Waals surface area contributed by atoms with E-state index in [4.69, 9.17) is 4.52 Å². The molecule has 0 aliphatic heterocycles.